The lowest BCUT2D eigenvalue weighted by atomic mass is 9.89. The molecule has 1 aliphatic carbocycles. The van der Waals surface area contributed by atoms with Crippen molar-refractivity contribution in [2.75, 3.05) is 14.1 Å². The molecule has 1 aliphatic rings. The van der Waals surface area contributed by atoms with Crippen LogP contribution in [-0.2, 0) is 0 Å². The molecule has 0 amide bonds. The first-order valence-electron chi connectivity index (χ1n) is 7.53. The van der Waals surface area contributed by atoms with Crippen LogP contribution in [0, 0.1) is 0 Å². The van der Waals surface area contributed by atoms with Gasteiger partial charge in [-0.05, 0) is 23.8 Å². The Kier molecular flexibility index (Phi) is 4.35. The zero-order valence-electron chi connectivity index (χ0n) is 13.2. The number of nitrogens with zero attached hydrogens (tertiary/aromatic N) is 1. The van der Waals surface area contributed by atoms with Crippen LogP contribution in [0.1, 0.15) is 27.4 Å². The fourth-order valence-corrected chi connectivity index (χ4v) is 3.07. The fourth-order valence-electron chi connectivity index (χ4n) is 2.90. The number of halogens is 1. The Balaban J connectivity index is 2.08. The van der Waals surface area contributed by atoms with Crippen LogP contribution in [-0.4, -0.2) is 24.8 Å². The zero-order chi connectivity index (χ0) is 16.4. The van der Waals surface area contributed by atoms with Gasteiger partial charge in [-0.15, -0.1) is 0 Å². The number of hydrogen-bond acceptors (Lipinski definition) is 2. The second kappa shape index (κ2) is 6.43. The van der Waals surface area contributed by atoms with Crippen molar-refractivity contribution in [1.82, 2.24) is 4.90 Å². The Hall–Kier alpha value is -2.32. The Morgan fingerprint density at radius 2 is 1.83 bits per heavy atom. The van der Waals surface area contributed by atoms with Gasteiger partial charge in [-0.25, -0.2) is 0 Å². The minimum atomic E-state index is 0.00139. The topological polar surface area (TPSA) is 20.3 Å². The molecule has 0 N–H and O–H groups in total. The third-order valence-corrected chi connectivity index (χ3v) is 4.27. The van der Waals surface area contributed by atoms with Crippen LogP contribution in [0.15, 0.2) is 72.5 Å². The highest BCUT2D eigenvalue weighted by Crippen LogP contribution is 2.35. The van der Waals surface area contributed by atoms with E-state index in [0.29, 0.717) is 16.1 Å². The molecule has 0 aliphatic heterocycles. The van der Waals surface area contributed by atoms with Crippen LogP contribution < -0.4 is 0 Å². The van der Waals surface area contributed by atoms with Gasteiger partial charge < -0.3 is 4.90 Å². The van der Waals surface area contributed by atoms with Gasteiger partial charge in [0.15, 0.2) is 5.78 Å². The summed E-state index contributed by atoms with van der Waals surface area (Å²) in [5, 5.41) is 0.574. The van der Waals surface area contributed by atoms with Gasteiger partial charge in [0, 0.05) is 41.9 Å². The molecule has 1 atom stereocenters. The molecule has 0 bridgehead atoms. The van der Waals surface area contributed by atoms with Crippen molar-refractivity contribution in [1.29, 1.82) is 0 Å². The number of likely N-dealkylation sites (N-methyl/N-ethyl adjacent to an activating group) is 1. The predicted octanol–water partition coefficient (Wildman–Crippen LogP) is 4.67. The number of carbonyl (C=O) groups is 1. The van der Waals surface area contributed by atoms with E-state index < -0.39 is 0 Å². The molecule has 0 radical (unpaired) electrons. The number of carbonyl (C=O) groups excluding carboxylic acids is 1. The molecule has 2 aromatic rings. The average Bonchev–Trinajstić information content (AvgIpc) is 3.04. The van der Waals surface area contributed by atoms with Gasteiger partial charge in [0.25, 0.3) is 0 Å². The third kappa shape index (κ3) is 3.08. The fraction of sp³-hybridized carbons (Fsp3) is 0.150. The van der Waals surface area contributed by atoms with Crippen molar-refractivity contribution < 1.29 is 4.79 Å². The van der Waals surface area contributed by atoms with E-state index in [4.69, 9.17) is 11.6 Å². The van der Waals surface area contributed by atoms with Gasteiger partial charge >= 0.3 is 0 Å². The summed E-state index contributed by atoms with van der Waals surface area (Å²) in [6.45, 7) is 0. The van der Waals surface area contributed by atoms with Crippen molar-refractivity contribution in [3.8, 4) is 0 Å². The highest BCUT2D eigenvalue weighted by molar-refractivity contribution is 6.31. The lowest BCUT2D eigenvalue weighted by molar-refractivity contribution is 0.103. The number of rotatable bonds is 4. The largest absolute Gasteiger partial charge is 0.380 e. The maximum Gasteiger partial charge on any atom is 0.193 e. The minimum absolute atomic E-state index is 0.00139. The second-order valence-corrected chi connectivity index (χ2v) is 6.21. The molecule has 0 heterocycles. The summed E-state index contributed by atoms with van der Waals surface area (Å²) in [6.07, 6.45) is 6.22. The molecular formula is C20H18ClNO. The number of ketones is 1. The monoisotopic (exact) mass is 323 g/mol. The van der Waals surface area contributed by atoms with Crippen molar-refractivity contribution in [2.24, 2.45) is 0 Å². The molecule has 23 heavy (non-hydrogen) atoms. The van der Waals surface area contributed by atoms with E-state index >= 15 is 0 Å². The van der Waals surface area contributed by atoms with E-state index in [1.807, 2.05) is 62.6 Å². The molecular weight excluding hydrogens is 306 g/mol. The smallest absolute Gasteiger partial charge is 0.193 e. The molecule has 0 aromatic heterocycles. The molecule has 0 saturated carbocycles. The van der Waals surface area contributed by atoms with Gasteiger partial charge in [-0.3, -0.25) is 4.79 Å². The molecule has 0 saturated heterocycles. The van der Waals surface area contributed by atoms with Crippen molar-refractivity contribution in [3.63, 3.8) is 0 Å². The van der Waals surface area contributed by atoms with Crippen LogP contribution in [0.5, 0.6) is 0 Å². The Morgan fingerprint density at radius 1 is 1.09 bits per heavy atom. The van der Waals surface area contributed by atoms with Crippen molar-refractivity contribution in [3.05, 3.63) is 94.2 Å². The summed E-state index contributed by atoms with van der Waals surface area (Å²) in [5.74, 6) is 0.0754. The average molecular weight is 324 g/mol. The van der Waals surface area contributed by atoms with Crippen LogP contribution in [0.25, 0.3) is 0 Å². The normalized spacial score (nSPS) is 16.3. The van der Waals surface area contributed by atoms with E-state index in [-0.39, 0.29) is 11.7 Å². The first-order valence-corrected chi connectivity index (χ1v) is 7.90. The Morgan fingerprint density at radius 3 is 2.52 bits per heavy atom. The first kappa shape index (κ1) is 15.6. The SMILES string of the molecule is CN(C)C1=CC=CC1c1ccc(Cl)cc1C(=O)c1ccccc1. The van der Waals surface area contributed by atoms with E-state index in [1.165, 1.54) is 0 Å². The summed E-state index contributed by atoms with van der Waals surface area (Å²) < 4.78 is 0. The van der Waals surface area contributed by atoms with Gasteiger partial charge in [-0.2, -0.15) is 0 Å². The van der Waals surface area contributed by atoms with Gasteiger partial charge in [0.1, 0.15) is 0 Å². The maximum atomic E-state index is 12.9. The number of benzene rings is 2. The lowest BCUT2D eigenvalue weighted by Crippen LogP contribution is -2.17. The molecule has 1 unspecified atom stereocenters. The van der Waals surface area contributed by atoms with Crippen LogP contribution >= 0.6 is 11.6 Å². The van der Waals surface area contributed by atoms with Gasteiger partial charge in [0.2, 0.25) is 0 Å². The standard InChI is InChI=1S/C20H18ClNO/c1-22(2)19-10-6-9-17(19)16-12-11-15(21)13-18(16)20(23)14-7-4-3-5-8-14/h3-13,17H,1-2H3. The zero-order valence-corrected chi connectivity index (χ0v) is 13.9. The molecule has 2 nitrogen and oxygen atoms in total. The molecule has 0 spiro atoms. The quantitative estimate of drug-likeness (QED) is 0.762. The van der Waals surface area contributed by atoms with Crippen LogP contribution in [0.4, 0.5) is 0 Å². The highest BCUT2D eigenvalue weighted by atomic mass is 35.5. The molecule has 116 valence electrons. The van der Waals surface area contributed by atoms with E-state index in [1.54, 1.807) is 6.07 Å². The number of hydrogen-bond donors (Lipinski definition) is 0. The summed E-state index contributed by atoms with van der Waals surface area (Å²) >= 11 is 6.16. The first-order chi connectivity index (χ1) is 11.1. The third-order valence-electron chi connectivity index (χ3n) is 4.04. The second-order valence-electron chi connectivity index (χ2n) is 5.78. The molecule has 2 aromatic carbocycles. The van der Waals surface area contributed by atoms with E-state index in [9.17, 15) is 4.79 Å². The summed E-state index contributed by atoms with van der Waals surface area (Å²) in [4.78, 5) is 15.0. The lowest BCUT2D eigenvalue weighted by Gasteiger charge is -2.23. The van der Waals surface area contributed by atoms with Crippen molar-refractivity contribution in [2.45, 2.75) is 5.92 Å². The molecule has 3 rings (SSSR count). The Bertz CT molecular complexity index is 791. The summed E-state index contributed by atoms with van der Waals surface area (Å²) in [6, 6.07) is 14.9. The Labute approximate surface area is 141 Å². The molecule has 0 fully saturated rings. The van der Waals surface area contributed by atoms with Crippen LogP contribution in [0.3, 0.4) is 0 Å². The highest BCUT2D eigenvalue weighted by Gasteiger charge is 2.24. The van der Waals surface area contributed by atoms with Crippen molar-refractivity contribution >= 4 is 17.4 Å². The van der Waals surface area contributed by atoms with Gasteiger partial charge in [-0.1, -0.05) is 60.2 Å². The summed E-state index contributed by atoms with van der Waals surface area (Å²) in [5.41, 5.74) is 3.48. The number of allylic oxidation sites excluding steroid dienone is 3. The predicted molar refractivity (Wildman–Crippen MR) is 95.0 cm³/mol. The minimum Gasteiger partial charge on any atom is -0.380 e. The van der Waals surface area contributed by atoms with Gasteiger partial charge in [0.05, 0.1) is 0 Å². The van der Waals surface area contributed by atoms with E-state index in [2.05, 4.69) is 17.1 Å². The van der Waals surface area contributed by atoms with Crippen LogP contribution in [0.2, 0.25) is 5.02 Å². The van der Waals surface area contributed by atoms with E-state index in [0.717, 1.165) is 11.3 Å². The maximum absolute atomic E-state index is 12.9. The molecule has 3 heteroatoms. The summed E-state index contributed by atoms with van der Waals surface area (Å²) in [7, 11) is 4.03.